The molecule has 0 unspecified atom stereocenters. The van der Waals surface area contributed by atoms with Crippen molar-refractivity contribution in [2.24, 2.45) is 0 Å². The molecule has 0 atom stereocenters. The Balaban J connectivity index is 1.80. The van der Waals surface area contributed by atoms with Gasteiger partial charge in [-0.05, 0) is 31.2 Å². The van der Waals surface area contributed by atoms with Crippen LogP contribution in [0, 0.1) is 6.92 Å². The SMILES string of the molecule is Cc1ccc(C(=O)Nc2nc(-c3ccccn3)cs2)c(=O)[nH]1. The van der Waals surface area contributed by atoms with Gasteiger partial charge >= 0.3 is 0 Å². The number of nitrogens with one attached hydrogen (secondary N) is 2. The van der Waals surface area contributed by atoms with Gasteiger partial charge in [-0.2, -0.15) is 0 Å². The first-order valence-corrected chi connectivity index (χ1v) is 7.39. The first kappa shape index (κ1) is 14.2. The number of aromatic nitrogens is 3. The molecule has 3 aromatic heterocycles. The smallest absolute Gasteiger partial charge is 0.263 e. The summed E-state index contributed by atoms with van der Waals surface area (Å²) in [6, 6.07) is 8.70. The molecule has 0 saturated carbocycles. The highest BCUT2D eigenvalue weighted by molar-refractivity contribution is 7.14. The number of thiazole rings is 1. The maximum Gasteiger partial charge on any atom is 0.263 e. The van der Waals surface area contributed by atoms with Crippen LogP contribution in [0.3, 0.4) is 0 Å². The van der Waals surface area contributed by atoms with E-state index in [4.69, 9.17) is 0 Å². The standard InChI is InChI=1S/C15H12N4O2S/c1-9-5-6-10(13(20)17-9)14(21)19-15-18-12(8-22-15)11-4-2-3-7-16-11/h2-8H,1H3,(H,17,20)(H,18,19,21). The zero-order valence-corrected chi connectivity index (χ0v) is 12.5. The fraction of sp³-hybridized carbons (Fsp3) is 0.0667. The van der Waals surface area contributed by atoms with Gasteiger partial charge in [-0.3, -0.25) is 19.9 Å². The highest BCUT2D eigenvalue weighted by Gasteiger charge is 2.13. The quantitative estimate of drug-likeness (QED) is 0.777. The van der Waals surface area contributed by atoms with Crippen LogP contribution in [0.1, 0.15) is 16.1 Å². The molecule has 0 bridgehead atoms. The molecule has 2 N–H and O–H groups in total. The fourth-order valence-electron chi connectivity index (χ4n) is 1.88. The number of H-pyrrole nitrogens is 1. The second kappa shape index (κ2) is 5.90. The highest BCUT2D eigenvalue weighted by atomic mass is 32.1. The molecule has 0 fully saturated rings. The van der Waals surface area contributed by atoms with E-state index in [0.717, 1.165) is 5.69 Å². The molecule has 3 heterocycles. The maximum absolute atomic E-state index is 12.1. The van der Waals surface area contributed by atoms with Crippen molar-refractivity contribution in [2.75, 3.05) is 5.32 Å². The van der Waals surface area contributed by atoms with E-state index in [9.17, 15) is 9.59 Å². The van der Waals surface area contributed by atoms with Crippen molar-refractivity contribution in [1.29, 1.82) is 0 Å². The van der Waals surface area contributed by atoms with Crippen molar-refractivity contribution in [2.45, 2.75) is 6.92 Å². The summed E-state index contributed by atoms with van der Waals surface area (Å²) in [5.74, 6) is -0.483. The van der Waals surface area contributed by atoms with Crippen LogP contribution in [-0.2, 0) is 0 Å². The molecule has 0 aliphatic rings. The topological polar surface area (TPSA) is 87.7 Å². The summed E-state index contributed by atoms with van der Waals surface area (Å²) < 4.78 is 0. The molecule has 0 aliphatic heterocycles. The Bertz CT molecular complexity index is 871. The average molecular weight is 312 g/mol. The van der Waals surface area contributed by atoms with Crippen molar-refractivity contribution < 1.29 is 4.79 Å². The van der Waals surface area contributed by atoms with Gasteiger partial charge in [0.05, 0.1) is 5.69 Å². The van der Waals surface area contributed by atoms with Gasteiger partial charge in [-0.1, -0.05) is 6.07 Å². The summed E-state index contributed by atoms with van der Waals surface area (Å²) in [5, 5.41) is 4.85. The van der Waals surface area contributed by atoms with E-state index in [1.807, 2.05) is 18.2 Å². The Morgan fingerprint density at radius 2 is 2.09 bits per heavy atom. The molecule has 3 aromatic rings. The summed E-state index contributed by atoms with van der Waals surface area (Å²) in [6.07, 6.45) is 1.68. The predicted octanol–water partition coefficient (Wildman–Crippen LogP) is 2.45. The van der Waals surface area contributed by atoms with Gasteiger partial charge in [0.25, 0.3) is 11.5 Å². The molecule has 1 amide bonds. The molecule has 0 aliphatic carbocycles. The molecular weight excluding hydrogens is 300 g/mol. The van der Waals surface area contributed by atoms with Crippen LogP contribution in [0.2, 0.25) is 0 Å². The Kier molecular flexibility index (Phi) is 3.80. The Morgan fingerprint density at radius 1 is 1.23 bits per heavy atom. The van der Waals surface area contributed by atoms with Gasteiger partial charge in [-0.25, -0.2) is 4.98 Å². The number of nitrogens with zero attached hydrogens (tertiary/aromatic N) is 2. The molecule has 3 rings (SSSR count). The molecule has 0 saturated heterocycles. The number of rotatable bonds is 3. The zero-order chi connectivity index (χ0) is 15.5. The Labute approximate surface area is 129 Å². The number of hydrogen-bond donors (Lipinski definition) is 2. The third kappa shape index (κ3) is 2.94. The predicted molar refractivity (Wildman–Crippen MR) is 85.1 cm³/mol. The van der Waals surface area contributed by atoms with Gasteiger partial charge in [-0.15, -0.1) is 11.3 Å². The van der Waals surface area contributed by atoms with Crippen molar-refractivity contribution in [3.05, 3.63) is 63.5 Å². The summed E-state index contributed by atoms with van der Waals surface area (Å²) in [5.41, 5.74) is 1.75. The minimum atomic E-state index is -0.483. The van der Waals surface area contributed by atoms with Crippen LogP contribution < -0.4 is 10.9 Å². The van der Waals surface area contributed by atoms with Crippen LogP contribution in [0.25, 0.3) is 11.4 Å². The third-order valence-corrected chi connectivity index (χ3v) is 3.71. The second-order valence-corrected chi connectivity index (χ2v) is 5.45. The van der Waals surface area contributed by atoms with Crippen molar-refractivity contribution in [3.8, 4) is 11.4 Å². The van der Waals surface area contributed by atoms with Crippen LogP contribution >= 0.6 is 11.3 Å². The number of aromatic amines is 1. The van der Waals surface area contributed by atoms with Gasteiger partial charge < -0.3 is 4.98 Å². The van der Waals surface area contributed by atoms with E-state index in [0.29, 0.717) is 16.5 Å². The number of carbonyl (C=O) groups is 1. The Morgan fingerprint density at radius 3 is 2.82 bits per heavy atom. The minimum Gasteiger partial charge on any atom is -0.326 e. The monoisotopic (exact) mass is 312 g/mol. The van der Waals surface area contributed by atoms with E-state index in [2.05, 4.69) is 20.3 Å². The number of carbonyl (C=O) groups excluding carboxylic acids is 1. The minimum absolute atomic E-state index is 0.0557. The summed E-state index contributed by atoms with van der Waals surface area (Å²) in [7, 11) is 0. The number of hydrogen-bond acceptors (Lipinski definition) is 5. The van der Waals surface area contributed by atoms with Gasteiger partial charge in [0.15, 0.2) is 5.13 Å². The van der Waals surface area contributed by atoms with E-state index >= 15 is 0 Å². The van der Waals surface area contributed by atoms with E-state index in [1.54, 1.807) is 24.6 Å². The second-order valence-electron chi connectivity index (χ2n) is 4.59. The highest BCUT2D eigenvalue weighted by Crippen LogP contribution is 2.23. The number of pyridine rings is 2. The molecule has 6 nitrogen and oxygen atoms in total. The summed E-state index contributed by atoms with van der Waals surface area (Å²) in [4.78, 5) is 35.0. The molecular formula is C15H12N4O2S. The average Bonchev–Trinajstić information content (AvgIpc) is 2.96. The lowest BCUT2D eigenvalue weighted by molar-refractivity contribution is 0.102. The summed E-state index contributed by atoms with van der Waals surface area (Å²) in [6.45, 7) is 1.75. The molecule has 0 aromatic carbocycles. The normalized spacial score (nSPS) is 10.4. The van der Waals surface area contributed by atoms with E-state index in [-0.39, 0.29) is 5.56 Å². The number of anilines is 1. The lowest BCUT2D eigenvalue weighted by Crippen LogP contribution is -2.23. The van der Waals surface area contributed by atoms with E-state index < -0.39 is 11.5 Å². The van der Waals surface area contributed by atoms with Crippen LogP contribution in [0.5, 0.6) is 0 Å². The zero-order valence-electron chi connectivity index (χ0n) is 11.7. The maximum atomic E-state index is 12.1. The lowest BCUT2D eigenvalue weighted by atomic mass is 10.2. The number of amides is 1. The van der Waals surface area contributed by atoms with Crippen molar-refractivity contribution in [3.63, 3.8) is 0 Å². The largest absolute Gasteiger partial charge is 0.326 e. The van der Waals surface area contributed by atoms with Crippen molar-refractivity contribution in [1.82, 2.24) is 15.0 Å². The van der Waals surface area contributed by atoms with Gasteiger partial charge in [0, 0.05) is 17.3 Å². The summed E-state index contributed by atoms with van der Waals surface area (Å²) >= 11 is 1.28. The van der Waals surface area contributed by atoms with Crippen LogP contribution in [0.15, 0.2) is 46.7 Å². The molecule has 0 spiro atoms. The molecule has 22 heavy (non-hydrogen) atoms. The van der Waals surface area contributed by atoms with Crippen LogP contribution in [0.4, 0.5) is 5.13 Å². The Hall–Kier alpha value is -2.80. The van der Waals surface area contributed by atoms with Gasteiger partial charge in [0.2, 0.25) is 0 Å². The third-order valence-electron chi connectivity index (χ3n) is 2.95. The van der Waals surface area contributed by atoms with E-state index in [1.165, 1.54) is 17.4 Å². The first-order valence-electron chi connectivity index (χ1n) is 6.52. The fourth-order valence-corrected chi connectivity index (χ4v) is 2.58. The lowest BCUT2D eigenvalue weighted by Gasteiger charge is -2.01. The molecule has 7 heteroatoms. The van der Waals surface area contributed by atoms with Gasteiger partial charge in [0.1, 0.15) is 11.3 Å². The molecule has 110 valence electrons. The first-order chi connectivity index (χ1) is 10.6. The number of aryl methyl sites for hydroxylation is 1. The van der Waals surface area contributed by atoms with Crippen LogP contribution in [-0.4, -0.2) is 20.9 Å². The van der Waals surface area contributed by atoms with Crippen molar-refractivity contribution >= 4 is 22.4 Å². The molecule has 0 radical (unpaired) electrons.